The maximum absolute atomic E-state index is 13.9. The van der Waals surface area contributed by atoms with Crippen LogP contribution in [0, 0.1) is 5.82 Å². The van der Waals surface area contributed by atoms with Gasteiger partial charge in [-0.2, -0.15) is 0 Å². The number of rotatable bonds is 5. The molecule has 2 aromatic carbocycles. The molecule has 1 N–H and O–H groups in total. The van der Waals surface area contributed by atoms with Crippen molar-refractivity contribution in [1.29, 1.82) is 0 Å². The van der Waals surface area contributed by atoms with Crippen LogP contribution in [0.2, 0.25) is 10.0 Å². The smallest absolute Gasteiger partial charge is 0.126 e. The van der Waals surface area contributed by atoms with Gasteiger partial charge in [0, 0.05) is 22.5 Å². The highest BCUT2D eigenvalue weighted by Gasteiger charge is 2.16. The van der Waals surface area contributed by atoms with Crippen molar-refractivity contribution in [2.24, 2.45) is 0 Å². The molecule has 0 bridgehead atoms. The Bertz CT molecular complexity index is 586. The first-order valence-corrected chi connectivity index (χ1v) is 7.20. The molecule has 0 aliphatic carbocycles. The lowest BCUT2D eigenvalue weighted by Gasteiger charge is -2.19. The highest BCUT2D eigenvalue weighted by atomic mass is 35.5. The van der Waals surface area contributed by atoms with Gasteiger partial charge < -0.3 is 5.32 Å². The van der Waals surface area contributed by atoms with E-state index in [1.165, 1.54) is 6.07 Å². The van der Waals surface area contributed by atoms with E-state index in [-0.39, 0.29) is 11.7 Å². The number of hydrogen-bond donors (Lipinski definition) is 1. The van der Waals surface area contributed by atoms with Crippen LogP contribution in [0.1, 0.15) is 17.0 Å². The molecule has 0 aromatic heterocycles. The van der Waals surface area contributed by atoms with Crippen molar-refractivity contribution in [3.05, 3.63) is 69.5 Å². The van der Waals surface area contributed by atoms with Crippen molar-refractivity contribution >= 4 is 23.2 Å². The summed E-state index contributed by atoms with van der Waals surface area (Å²) in [5.41, 5.74) is 1.63. The van der Waals surface area contributed by atoms with Gasteiger partial charge in [0.05, 0.1) is 0 Å². The molecule has 0 amide bonds. The molecule has 0 saturated carbocycles. The van der Waals surface area contributed by atoms with E-state index in [2.05, 4.69) is 5.32 Å². The Hall–Kier alpha value is -1.09. The summed E-state index contributed by atoms with van der Waals surface area (Å²) >= 11 is 12.2. The minimum atomic E-state index is -0.234. The van der Waals surface area contributed by atoms with E-state index in [0.717, 1.165) is 12.1 Å². The second-order valence-electron chi connectivity index (χ2n) is 4.72. The van der Waals surface area contributed by atoms with Crippen LogP contribution >= 0.6 is 23.2 Å². The molecule has 0 radical (unpaired) electrons. The lowest BCUT2D eigenvalue weighted by molar-refractivity contribution is 0.574. The van der Waals surface area contributed by atoms with Crippen LogP contribution < -0.4 is 5.32 Å². The van der Waals surface area contributed by atoms with Crippen LogP contribution in [-0.2, 0) is 6.42 Å². The van der Waals surface area contributed by atoms with Gasteiger partial charge in [-0.15, -0.1) is 0 Å². The average Bonchev–Trinajstić information content (AvgIpc) is 2.43. The fourth-order valence-electron chi connectivity index (χ4n) is 2.31. The average molecular weight is 312 g/mol. The first kappa shape index (κ1) is 15.3. The third-order valence-corrected chi connectivity index (χ3v) is 3.85. The molecule has 1 unspecified atom stereocenters. The summed E-state index contributed by atoms with van der Waals surface area (Å²) in [5, 5.41) is 4.38. The number of nitrogens with one attached hydrogen (secondary N) is 1. The first-order valence-electron chi connectivity index (χ1n) is 6.44. The van der Waals surface area contributed by atoms with Crippen LogP contribution in [0.3, 0.4) is 0 Å². The van der Waals surface area contributed by atoms with Gasteiger partial charge in [0.25, 0.3) is 0 Å². The van der Waals surface area contributed by atoms with Crippen molar-refractivity contribution in [2.45, 2.75) is 12.3 Å². The Balaban J connectivity index is 2.30. The topological polar surface area (TPSA) is 12.0 Å². The van der Waals surface area contributed by atoms with Crippen LogP contribution in [-0.4, -0.2) is 13.6 Å². The van der Waals surface area contributed by atoms with Crippen molar-refractivity contribution in [1.82, 2.24) is 5.32 Å². The monoisotopic (exact) mass is 311 g/mol. The van der Waals surface area contributed by atoms with E-state index in [1.54, 1.807) is 12.1 Å². The van der Waals surface area contributed by atoms with Crippen LogP contribution in [0.25, 0.3) is 0 Å². The highest BCUT2D eigenvalue weighted by molar-refractivity contribution is 6.31. The Kier molecular flexibility index (Phi) is 5.41. The van der Waals surface area contributed by atoms with E-state index in [4.69, 9.17) is 23.2 Å². The number of hydrogen-bond acceptors (Lipinski definition) is 1. The minimum absolute atomic E-state index is 0.0988. The summed E-state index contributed by atoms with van der Waals surface area (Å²) in [6.45, 7) is 0.718. The fourth-order valence-corrected chi connectivity index (χ4v) is 2.79. The molecule has 0 fully saturated rings. The molecule has 2 aromatic rings. The molecule has 0 saturated heterocycles. The zero-order valence-corrected chi connectivity index (χ0v) is 12.7. The molecule has 20 heavy (non-hydrogen) atoms. The zero-order valence-electron chi connectivity index (χ0n) is 11.2. The lowest BCUT2D eigenvalue weighted by Crippen LogP contribution is -2.20. The Labute approximate surface area is 128 Å². The molecule has 1 atom stereocenters. The van der Waals surface area contributed by atoms with Gasteiger partial charge in [0.15, 0.2) is 0 Å². The molecule has 106 valence electrons. The molecule has 2 rings (SSSR count). The van der Waals surface area contributed by atoms with Crippen molar-refractivity contribution in [3.63, 3.8) is 0 Å². The van der Waals surface area contributed by atoms with E-state index < -0.39 is 0 Å². The summed E-state index contributed by atoms with van der Waals surface area (Å²) in [6, 6.07) is 12.3. The predicted molar refractivity (Wildman–Crippen MR) is 83.2 cm³/mol. The SMILES string of the molecule is CNCC(Cc1cc(Cl)ccc1F)c1ccccc1Cl. The van der Waals surface area contributed by atoms with Gasteiger partial charge >= 0.3 is 0 Å². The predicted octanol–water partition coefficient (Wildman–Crippen LogP) is 4.68. The second kappa shape index (κ2) is 7.07. The van der Waals surface area contributed by atoms with Gasteiger partial charge in [-0.25, -0.2) is 4.39 Å². The molecule has 0 aliphatic heterocycles. The lowest BCUT2D eigenvalue weighted by atomic mass is 9.91. The Morgan fingerprint density at radius 1 is 1.15 bits per heavy atom. The molecular weight excluding hydrogens is 296 g/mol. The number of halogens is 3. The molecular formula is C16H16Cl2FN. The summed E-state index contributed by atoms with van der Waals surface area (Å²) in [7, 11) is 1.87. The number of likely N-dealkylation sites (N-methyl/N-ethyl adjacent to an activating group) is 1. The molecule has 1 nitrogen and oxygen atoms in total. The third-order valence-electron chi connectivity index (χ3n) is 3.27. The Morgan fingerprint density at radius 2 is 1.90 bits per heavy atom. The summed E-state index contributed by atoms with van der Waals surface area (Å²) in [5.74, 6) is -0.135. The largest absolute Gasteiger partial charge is 0.319 e. The zero-order chi connectivity index (χ0) is 14.5. The molecule has 0 aliphatic rings. The summed E-state index contributed by atoms with van der Waals surface area (Å²) in [4.78, 5) is 0. The van der Waals surface area contributed by atoms with E-state index in [0.29, 0.717) is 22.0 Å². The molecule has 0 heterocycles. The molecule has 0 spiro atoms. The van der Waals surface area contributed by atoms with Crippen molar-refractivity contribution < 1.29 is 4.39 Å². The number of benzene rings is 2. The summed E-state index contributed by atoms with van der Waals surface area (Å²) in [6.07, 6.45) is 0.553. The maximum atomic E-state index is 13.9. The Morgan fingerprint density at radius 3 is 2.60 bits per heavy atom. The summed E-state index contributed by atoms with van der Waals surface area (Å²) < 4.78 is 13.9. The maximum Gasteiger partial charge on any atom is 0.126 e. The normalized spacial score (nSPS) is 12.4. The van der Waals surface area contributed by atoms with Gasteiger partial charge in [-0.1, -0.05) is 41.4 Å². The van der Waals surface area contributed by atoms with Gasteiger partial charge in [-0.05, 0) is 48.9 Å². The van der Waals surface area contributed by atoms with E-state index >= 15 is 0 Å². The molecule has 4 heteroatoms. The van der Waals surface area contributed by atoms with Gasteiger partial charge in [0.2, 0.25) is 0 Å². The van der Waals surface area contributed by atoms with Crippen LogP contribution in [0.4, 0.5) is 4.39 Å². The van der Waals surface area contributed by atoms with Crippen LogP contribution in [0.5, 0.6) is 0 Å². The van der Waals surface area contributed by atoms with Crippen molar-refractivity contribution in [2.75, 3.05) is 13.6 Å². The first-order chi connectivity index (χ1) is 9.61. The highest BCUT2D eigenvalue weighted by Crippen LogP contribution is 2.28. The van der Waals surface area contributed by atoms with Crippen molar-refractivity contribution in [3.8, 4) is 0 Å². The van der Waals surface area contributed by atoms with Gasteiger partial charge in [0.1, 0.15) is 5.82 Å². The quantitative estimate of drug-likeness (QED) is 0.845. The fraction of sp³-hybridized carbons (Fsp3) is 0.250. The standard InChI is InChI=1S/C16H16Cl2FN/c1-20-10-12(14-4-2-3-5-15(14)18)8-11-9-13(17)6-7-16(11)19/h2-7,9,12,20H,8,10H2,1H3. The third kappa shape index (κ3) is 3.72. The van der Waals surface area contributed by atoms with E-state index in [9.17, 15) is 4.39 Å². The minimum Gasteiger partial charge on any atom is -0.319 e. The van der Waals surface area contributed by atoms with E-state index in [1.807, 2.05) is 31.3 Å². The van der Waals surface area contributed by atoms with Gasteiger partial charge in [-0.3, -0.25) is 0 Å². The second-order valence-corrected chi connectivity index (χ2v) is 5.56. The van der Waals surface area contributed by atoms with Crippen LogP contribution in [0.15, 0.2) is 42.5 Å².